The van der Waals surface area contributed by atoms with Crippen molar-refractivity contribution in [3.8, 4) is 0 Å². The van der Waals surface area contributed by atoms with E-state index in [0.29, 0.717) is 6.42 Å². The lowest BCUT2D eigenvalue weighted by Crippen LogP contribution is -2.38. The second-order valence-corrected chi connectivity index (χ2v) is 5.48. The van der Waals surface area contributed by atoms with E-state index in [-0.39, 0.29) is 31.5 Å². The molecule has 1 heterocycles. The molecular formula is C9H16FNO4S. The summed E-state index contributed by atoms with van der Waals surface area (Å²) in [4.78, 5) is 13.0. The third-order valence-corrected chi connectivity index (χ3v) is 3.67. The van der Waals surface area contributed by atoms with Gasteiger partial charge in [0.25, 0.3) is 0 Å². The Labute approximate surface area is 94.5 Å². The van der Waals surface area contributed by atoms with E-state index >= 15 is 0 Å². The Balaban J connectivity index is 2.63. The Kier molecular flexibility index (Phi) is 4.26. The lowest BCUT2D eigenvalue weighted by atomic mass is 10.1. The van der Waals surface area contributed by atoms with Crippen LogP contribution in [0.15, 0.2) is 0 Å². The summed E-state index contributed by atoms with van der Waals surface area (Å²) in [5, 5.41) is 9.04. The molecule has 94 valence electrons. The summed E-state index contributed by atoms with van der Waals surface area (Å²) in [6.45, 7) is 1.88. The molecule has 16 heavy (non-hydrogen) atoms. The van der Waals surface area contributed by atoms with Crippen LogP contribution in [-0.2, 0) is 15.0 Å². The van der Waals surface area contributed by atoms with Crippen LogP contribution in [0.25, 0.3) is 0 Å². The zero-order chi connectivity index (χ0) is 12.3. The summed E-state index contributed by atoms with van der Waals surface area (Å²) in [5.41, 5.74) is 0. The fraction of sp³-hybridized carbons (Fsp3) is 0.889. The highest BCUT2D eigenvalue weighted by molar-refractivity contribution is 7.86. The second-order valence-electron chi connectivity index (χ2n) is 4.07. The quantitative estimate of drug-likeness (QED) is 0.695. The molecule has 0 aromatic heterocycles. The normalized spacial score (nSPS) is 23.8. The standard InChI is InChI=1S/C9H16FNO4S/c1-2-8(5-12)11-4-7(3-9(11)13)6-16(10,14)15/h7-8,12H,2-6H2,1H3/t7?,8-/m0/s1. The molecule has 7 heteroatoms. The van der Waals surface area contributed by atoms with Gasteiger partial charge in [0.1, 0.15) is 0 Å². The van der Waals surface area contributed by atoms with Crippen molar-refractivity contribution >= 4 is 16.1 Å². The van der Waals surface area contributed by atoms with E-state index in [0.717, 1.165) is 0 Å². The molecule has 1 unspecified atom stereocenters. The van der Waals surface area contributed by atoms with Gasteiger partial charge in [0.05, 0.1) is 18.4 Å². The van der Waals surface area contributed by atoms with Crippen molar-refractivity contribution in [2.24, 2.45) is 5.92 Å². The van der Waals surface area contributed by atoms with E-state index in [9.17, 15) is 17.1 Å². The summed E-state index contributed by atoms with van der Waals surface area (Å²) < 4.78 is 33.4. The van der Waals surface area contributed by atoms with Gasteiger partial charge in [-0.3, -0.25) is 4.79 Å². The molecule has 1 rings (SSSR count). The molecule has 0 aromatic carbocycles. The van der Waals surface area contributed by atoms with Crippen molar-refractivity contribution in [1.82, 2.24) is 4.90 Å². The minimum Gasteiger partial charge on any atom is -0.394 e. The predicted octanol–water partition coefficient (Wildman–Crippen LogP) is -0.0949. The Hall–Kier alpha value is -0.690. The monoisotopic (exact) mass is 253 g/mol. The lowest BCUT2D eigenvalue weighted by molar-refractivity contribution is -0.130. The highest BCUT2D eigenvalue weighted by Gasteiger charge is 2.35. The van der Waals surface area contributed by atoms with Crippen molar-refractivity contribution in [2.75, 3.05) is 18.9 Å². The fourth-order valence-corrected chi connectivity index (χ4v) is 2.79. The highest BCUT2D eigenvalue weighted by atomic mass is 32.3. The Bertz CT molecular complexity index is 353. The largest absolute Gasteiger partial charge is 0.394 e. The Morgan fingerprint density at radius 1 is 1.62 bits per heavy atom. The summed E-state index contributed by atoms with van der Waals surface area (Å²) in [6, 6.07) is -0.292. The van der Waals surface area contributed by atoms with E-state index in [1.54, 1.807) is 0 Å². The summed E-state index contributed by atoms with van der Waals surface area (Å²) in [5.74, 6) is -1.32. The zero-order valence-corrected chi connectivity index (χ0v) is 9.91. The van der Waals surface area contributed by atoms with Gasteiger partial charge >= 0.3 is 10.2 Å². The first-order chi connectivity index (χ1) is 7.37. The number of hydrogen-bond acceptors (Lipinski definition) is 4. The minimum absolute atomic E-state index is 0.0413. The van der Waals surface area contributed by atoms with Crippen molar-refractivity contribution in [1.29, 1.82) is 0 Å². The number of carbonyl (C=O) groups excluding carboxylic acids is 1. The zero-order valence-electron chi connectivity index (χ0n) is 9.10. The third-order valence-electron chi connectivity index (χ3n) is 2.80. The molecule has 2 atom stereocenters. The van der Waals surface area contributed by atoms with Gasteiger partial charge < -0.3 is 10.0 Å². The number of hydrogen-bond donors (Lipinski definition) is 1. The fourth-order valence-electron chi connectivity index (χ4n) is 2.00. The average Bonchev–Trinajstić information content (AvgIpc) is 2.46. The molecule has 0 bridgehead atoms. The number of aliphatic hydroxyl groups excluding tert-OH is 1. The maximum Gasteiger partial charge on any atom is 0.302 e. The van der Waals surface area contributed by atoms with Gasteiger partial charge in [0.15, 0.2) is 0 Å². The van der Waals surface area contributed by atoms with Crippen LogP contribution in [0.3, 0.4) is 0 Å². The Morgan fingerprint density at radius 3 is 2.69 bits per heavy atom. The molecular weight excluding hydrogens is 237 g/mol. The molecule has 0 radical (unpaired) electrons. The SMILES string of the molecule is CC[C@@H](CO)N1CC(CS(=O)(=O)F)CC1=O. The van der Waals surface area contributed by atoms with Gasteiger partial charge in [-0.25, -0.2) is 0 Å². The van der Waals surface area contributed by atoms with Crippen LogP contribution in [-0.4, -0.2) is 49.3 Å². The number of nitrogens with zero attached hydrogens (tertiary/aromatic N) is 1. The predicted molar refractivity (Wildman–Crippen MR) is 55.9 cm³/mol. The van der Waals surface area contributed by atoms with Crippen LogP contribution in [0, 0.1) is 5.92 Å². The van der Waals surface area contributed by atoms with Gasteiger partial charge in [-0.15, -0.1) is 3.89 Å². The molecule has 0 spiro atoms. The molecule has 1 aliphatic heterocycles. The molecule has 1 aliphatic rings. The maximum absolute atomic E-state index is 12.5. The summed E-state index contributed by atoms with van der Waals surface area (Å²) >= 11 is 0. The second kappa shape index (κ2) is 5.09. The summed E-state index contributed by atoms with van der Waals surface area (Å²) in [7, 11) is -4.53. The van der Waals surface area contributed by atoms with Gasteiger partial charge in [-0.1, -0.05) is 6.92 Å². The first-order valence-corrected chi connectivity index (χ1v) is 6.75. The number of halogens is 1. The van der Waals surface area contributed by atoms with Gasteiger partial charge in [-0.2, -0.15) is 8.42 Å². The molecule has 0 aliphatic carbocycles. The maximum atomic E-state index is 12.5. The van der Waals surface area contributed by atoms with Crippen LogP contribution < -0.4 is 0 Å². The van der Waals surface area contributed by atoms with Crippen molar-refractivity contribution in [2.45, 2.75) is 25.8 Å². The summed E-state index contributed by atoms with van der Waals surface area (Å²) in [6.07, 6.45) is 0.636. The lowest BCUT2D eigenvalue weighted by Gasteiger charge is -2.25. The molecule has 1 N–H and O–H groups in total. The third kappa shape index (κ3) is 3.41. The number of likely N-dealkylation sites (tertiary alicyclic amines) is 1. The molecule has 1 amide bonds. The molecule has 0 aromatic rings. The average molecular weight is 253 g/mol. The smallest absolute Gasteiger partial charge is 0.302 e. The van der Waals surface area contributed by atoms with Crippen LogP contribution in [0.2, 0.25) is 0 Å². The van der Waals surface area contributed by atoms with Crippen LogP contribution in [0.5, 0.6) is 0 Å². The van der Waals surface area contributed by atoms with Crippen LogP contribution in [0.1, 0.15) is 19.8 Å². The van der Waals surface area contributed by atoms with E-state index in [1.165, 1.54) is 4.90 Å². The van der Waals surface area contributed by atoms with Gasteiger partial charge in [0.2, 0.25) is 5.91 Å². The Morgan fingerprint density at radius 2 is 2.25 bits per heavy atom. The number of carbonyl (C=O) groups is 1. The highest BCUT2D eigenvalue weighted by Crippen LogP contribution is 2.23. The minimum atomic E-state index is -4.53. The first-order valence-electron chi connectivity index (χ1n) is 5.20. The van der Waals surface area contributed by atoms with Crippen LogP contribution >= 0.6 is 0 Å². The van der Waals surface area contributed by atoms with E-state index in [4.69, 9.17) is 5.11 Å². The van der Waals surface area contributed by atoms with E-state index < -0.39 is 21.9 Å². The van der Waals surface area contributed by atoms with Crippen molar-refractivity contribution < 1.29 is 22.2 Å². The van der Waals surface area contributed by atoms with Crippen LogP contribution in [0.4, 0.5) is 3.89 Å². The topological polar surface area (TPSA) is 74.7 Å². The van der Waals surface area contributed by atoms with E-state index in [2.05, 4.69) is 0 Å². The first kappa shape index (κ1) is 13.4. The number of rotatable bonds is 5. The van der Waals surface area contributed by atoms with E-state index in [1.807, 2.05) is 6.92 Å². The molecule has 5 nitrogen and oxygen atoms in total. The van der Waals surface area contributed by atoms with Gasteiger partial charge in [0, 0.05) is 18.9 Å². The molecule has 0 saturated carbocycles. The molecule has 1 fully saturated rings. The van der Waals surface area contributed by atoms with Crippen molar-refractivity contribution in [3.05, 3.63) is 0 Å². The van der Waals surface area contributed by atoms with Gasteiger partial charge in [-0.05, 0) is 6.42 Å². The van der Waals surface area contributed by atoms with Crippen molar-refractivity contribution in [3.63, 3.8) is 0 Å². The number of aliphatic hydroxyl groups is 1. The molecule has 1 saturated heterocycles. The number of amides is 1.